The predicted octanol–water partition coefficient (Wildman–Crippen LogP) is 2.82. The molecule has 0 unspecified atom stereocenters. The second-order valence-corrected chi connectivity index (χ2v) is 3.48. The summed E-state index contributed by atoms with van der Waals surface area (Å²) in [5, 5.41) is 2.46. The van der Waals surface area contributed by atoms with Gasteiger partial charge in [0.15, 0.2) is 0 Å². The highest BCUT2D eigenvalue weighted by Crippen LogP contribution is 2.30. The molecular weight excluding hydrogens is 191 g/mol. The Labute approximate surface area is 79.9 Å². The molecule has 0 aromatic heterocycles. The van der Waals surface area contributed by atoms with Gasteiger partial charge in [-0.25, -0.2) is 13.2 Å². The third kappa shape index (κ3) is 1.69. The molecule has 4 heteroatoms. The number of para-hydroxylation sites is 1. The van der Waals surface area contributed by atoms with Gasteiger partial charge in [0.25, 0.3) is 5.92 Å². The molecule has 76 valence electrons. The van der Waals surface area contributed by atoms with Crippen LogP contribution < -0.4 is 5.32 Å². The minimum atomic E-state index is -2.74. The fraction of sp³-hybridized carbons (Fsp3) is 0.400. The average Bonchev–Trinajstić information content (AvgIpc) is 2.27. The molecule has 1 aliphatic heterocycles. The van der Waals surface area contributed by atoms with Gasteiger partial charge in [-0.2, -0.15) is 0 Å². The Kier molecular flexibility index (Phi) is 2.13. The molecule has 0 aliphatic carbocycles. The van der Waals surface area contributed by atoms with E-state index in [1.165, 1.54) is 6.07 Å². The first-order valence-electron chi connectivity index (χ1n) is 4.48. The first-order valence-corrected chi connectivity index (χ1v) is 4.48. The third-order valence-corrected chi connectivity index (χ3v) is 2.38. The van der Waals surface area contributed by atoms with E-state index in [0.29, 0.717) is 5.56 Å². The van der Waals surface area contributed by atoms with E-state index >= 15 is 0 Å². The number of alkyl halides is 2. The van der Waals surface area contributed by atoms with E-state index in [1.54, 1.807) is 12.1 Å². The van der Waals surface area contributed by atoms with E-state index in [0.717, 1.165) is 0 Å². The standard InChI is InChI=1S/C10H10F3N/c11-8-3-1-2-7-4-5-10(12,13)6-14-9(7)8/h1-3,14H,4-6H2. The van der Waals surface area contributed by atoms with Crippen LogP contribution in [0.1, 0.15) is 12.0 Å². The lowest BCUT2D eigenvalue weighted by atomic mass is 10.1. The van der Waals surface area contributed by atoms with E-state index in [9.17, 15) is 13.2 Å². The maximum atomic E-state index is 13.2. The zero-order valence-corrected chi connectivity index (χ0v) is 7.49. The monoisotopic (exact) mass is 201 g/mol. The minimum Gasteiger partial charge on any atom is -0.376 e. The number of hydrogen-bond donors (Lipinski definition) is 1. The van der Waals surface area contributed by atoms with E-state index in [-0.39, 0.29) is 18.5 Å². The van der Waals surface area contributed by atoms with Gasteiger partial charge in [-0.15, -0.1) is 0 Å². The van der Waals surface area contributed by atoms with Crippen LogP contribution in [0.4, 0.5) is 18.9 Å². The van der Waals surface area contributed by atoms with E-state index in [4.69, 9.17) is 0 Å². The molecule has 1 nitrogen and oxygen atoms in total. The van der Waals surface area contributed by atoms with Crippen LogP contribution in [0.2, 0.25) is 0 Å². The molecule has 1 heterocycles. The maximum absolute atomic E-state index is 13.2. The van der Waals surface area contributed by atoms with Crippen molar-refractivity contribution in [3.05, 3.63) is 29.6 Å². The van der Waals surface area contributed by atoms with Gasteiger partial charge < -0.3 is 5.32 Å². The van der Waals surface area contributed by atoms with Gasteiger partial charge in [-0.1, -0.05) is 12.1 Å². The second-order valence-electron chi connectivity index (χ2n) is 3.48. The third-order valence-electron chi connectivity index (χ3n) is 2.38. The van der Waals surface area contributed by atoms with Crippen molar-refractivity contribution in [1.29, 1.82) is 0 Å². The number of anilines is 1. The molecule has 1 aromatic rings. The van der Waals surface area contributed by atoms with Crippen molar-refractivity contribution in [2.75, 3.05) is 11.9 Å². The van der Waals surface area contributed by atoms with Crippen molar-refractivity contribution in [1.82, 2.24) is 0 Å². The van der Waals surface area contributed by atoms with Crippen molar-refractivity contribution < 1.29 is 13.2 Å². The van der Waals surface area contributed by atoms with E-state index in [1.807, 2.05) is 0 Å². The number of hydrogen-bond acceptors (Lipinski definition) is 1. The molecule has 14 heavy (non-hydrogen) atoms. The molecule has 0 spiro atoms. The topological polar surface area (TPSA) is 12.0 Å². The van der Waals surface area contributed by atoms with Gasteiger partial charge in [0.05, 0.1) is 12.2 Å². The van der Waals surface area contributed by atoms with Crippen molar-refractivity contribution >= 4 is 5.69 Å². The summed E-state index contributed by atoms with van der Waals surface area (Å²) in [5.74, 6) is -3.20. The molecule has 1 N–H and O–H groups in total. The Bertz CT molecular complexity index is 349. The van der Waals surface area contributed by atoms with Gasteiger partial charge in [-0.3, -0.25) is 0 Å². The summed E-state index contributed by atoms with van der Waals surface area (Å²) in [5.41, 5.74) is 0.854. The molecule has 0 bridgehead atoms. The lowest BCUT2D eigenvalue weighted by molar-refractivity contribution is 0.00841. The zero-order valence-electron chi connectivity index (χ0n) is 7.49. The number of nitrogens with one attached hydrogen (secondary N) is 1. The van der Waals surface area contributed by atoms with Crippen LogP contribution in [0.5, 0.6) is 0 Å². The van der Waals surface area contributed by atoms with Crippen molar-refractivity contribution in [3.8, 4) is 0 Å². The van der Waals surface area contributed by atoms with Crippen LogP contribution in [0.25, 0.3) is 0 Å². The molecule has 0 saturated heterocycles. The molecule has 0 radical (unpaired) electrons. The van der Waals surface area contributed by atoms with Gasteiger partial charge in [0.1, 0.15) is 5.82 Å². The summed E-state index contributed by atoms with van der Waals surface area (Å²) in [6.07, 6.45) is -0.0104. The highest BCUT2D eigenvalue weighted by atomic mass is 19.3. The molecular formula is C10H10F3N. The van der Waals surface area contributed by atoms with Gasteiger partial charge in [0.2, 0.25) is 0 Å². The van der Waals surface area contributed by atoms with Crippen LogP contribution in [0, 0.1) is 5.82 Å². The Hall–Kier alpha value is -1.19. The normalized spacial score (nSPS) is 19.4. The smallest absolute Gasteiger partial charge is 0.265 e. The van der Waals surface area contributed by atoms with Crippen molar-refractivity contribution in [3.63, 3.8) is 0 Å². The van der Waals surface area contributed by atoms with Crippen molar-refractivity contribution in [2.45, 2.75) is 18.8 Å². The number of aryl methyl sites for hydroxylation is 1. The Morgan fingerprint density at radius 3 is 2.86 bits per heavy atom. The maximum Gasteiger partial charge on any atom is 0.265 e. The molecule has 0 fully saturated rings. The fourth-order valence-corrected chi connectivity index (χ4v) is 1.60. The minimum absolute atomic E-state index is 0.215. The molecule has 0 atom stereocenters. The predicted molar refractivity (Wildman–Crippen MR) is 48.2 cm³/mol. The van der Waals surface area contributed by atoms with Gasteiger partial charge in [-0.05, 0) is 18.1 Å². The Morgan fingerprint density at radius 2 is 2.07 bits per heavy atom. The summed E-state index contributed by atoms with van der Waals surface area (Å²) in [4.78, 5) is 0. The SMILES string of the molecule is Fc1cccc2c1NCC(F)(F)CC2. The number of halogens is 3. The van der Waals surface area contributed by atoms with Gasteiger partial charge in [0, 0.05) is 6.42 Å². The summed E-state index contributed by atoms with van der Waals surface area (Å²) < 4.78 is 39.1. The highest BCUT2D eigenvalue weighted by molar-refractivity contribution is 5.53. The molecule has 1 aliphatic rings. The second kappa shape index (κ2) is 3.19. The molecule has 0 amide bonds. The van der Waals surface area contributed by atoms with Crippen LogP contribution in [-0.4, -0.2) is 12.5 Å². The number of fused-ring (bicyclic) bond motifs is 1. The van der Waals surface area contributed by atoms with Crippen LogP contribution in [-0.2, 0) is 6.42 Å². The first kappa shape index (κ1) is 9.37. The summed E-state index contributed by atoms with van der Waals surface area (Å²) in [7, 11) is 0. The largest absolute Gasteiger partial charge is 0.376 e. The van der Waals surface area contributed by atoms with E-state index in [2.05, 4.69) is 5.32 Å². The molecule has 1 aromatic carbocycles. The van der Waals surface area contributed by atoms with Crippen LogP contribution in [0.3, 0.4) is 0 Å². The number of benzene rings is 1. The van der Waals surface area contributed by atoms with Crippen LogP contribution in [0.15, 0.2) is 18.2 Å². The molecule has 0 saturated carbocycles. The Balaban J connectivity index is 2.34. The first-order chi connectivity index (χ1) is 6.58. The lowest BCUT2D eigenvalue weighted by Gasteiger charge is -2.12. The highest BCUT2D eigenvalue weighted by Gasteiger charge is 2.31. The lowest BCUT2D eigenvalue weighted by Crippen LogP contribution is -2.25. The van der Waals surface area contributed by atoms with Crippen molar-refractivity contribution in [2.24, 2.45) is 0 Å². The summed E-state index contributed by atoms with van der Waals surface area (Å²) >= 11 is 0. The summed E-state index contributed by atoms with van der Waals surface area (Å²) in [6.45, 7) is -0.485. The van der Waals surface area contributed by atoms with Gasteiger partial charge >= 0.3 is 0 Å². The quantitative estimate of drug-likeness (QED) is 0.680. The zero-order chi connectivity index (χ0) is 10.2. The van der Waals surface area contributed by atoms with E-state index < -0.39 is 18.3 Å². The average molecular weight is 201 g/mol. The van der Waals surface area contributed by atoms with Crippen LogP contribution >= 0.6 is 0 Å². The Morgan fingerprint density at radius 1 is 1.29 bits per heavy atom. The summed E-state index contributed by atoms with van der Waals surface area (Å²) in [6, 6.07) is 4.49. The number of rotatable bonds is 0. The fourth-order valence-electron chi connectivity index (χ4n) is 1.60. The molecule has 2 rings (SSSR count).